The summed E-state index contributed by atoms with van der Waals surface area (Å²) in [7, 11) is 0. The highest BCUT2D eigenvalue weighted by molar-refractivity contribution is 9.10. The van der Waals surface area contributed by atoms with E-state index in [1.54, 1.807) is 3.96 Å². The smallest absolute Gasteiger partial charge is 0.267 e. The molecule has 0 saturated heterocycles. The van der Waals surface area contributed by atoms with Crippen LogP contribution in [0.1, 0.15) is 5.56 Å². The van der Waals surface area contributed by atoms with Crippen LogP contribution < -0.4 is 5.56 Å². The Morgan fingerprint density at radius 3 is 2.67 bits per heavy atom. The maximum atomic E-state index is 12.3. The van der Waals surface area contributed by atoms with Gasteiger partial charge in [0.2, 0.25) is 0 Å². The minimum atomic E-state index is 0.0565. The topological polar surface area (TPSA) is 22.0 Å². The van der Waals surface area contributed by atoms with E-state index >= 15 is 0 Å². The van der Waals surface area contributed by atoms with Gasteiger partial charge in [-0.2, -0.15) is 0 Å². The van der Waals surface area contributed by atoms with Crippen molar-refractivity contribution in [3.05, 3.63) is 62.9 Å². The average Bonchev–Trinajstić information content (AvgIpc) is 2.68. The summed E-state index contributed by atoms with van der Waals surface area (Å²) in [4.78, 5) is 12.3. The maximum absolute atomic E-state index is 12.3. The number of nitrogens with zero attached hydrogens (tertiary/aromatic N) is 1. The number of hydrogen-bond acceptors (Lipinski definition) is 2. The van der Waals surface area contributed by atoms with Crippen LogP contribution in [0.3, 0.4) is 0 Å². The molecule has 0 amide bonds. The first-order chi connectivity index (χ1) is 8.66. The predicted molar refractivity (Wildman–Crippen MR) is 79.9 cm³/mol. The third-order valence-electron chi connectivity index (χ3n) is 2.87. The van der Waals surface area contributed by atoms with Crippen molar-refractivity contribution in [3.8, 4) is 5.69 Å². The van der Waals surface area contributed by atoms with E-state index in [4.69, 9.17) is 0 Å². The highest BCUT2D eigenvalue weighted by atomic mass is 79.9. The lowest BCUT2D eigenvalue weighted by Crippen LogP contribution is -2.11. The second-order valence-electron chi connectivity index (χ2n) is 4.12. The summed E-state index contributed by atoms with van der Waals surface area (Å²) in [6.07, 6.45) is 0. The summed E-state index contributed by atoms with van der Waals surface area (Å²) in [5, 5.41) is 0.782. The Balaban J connectivity index is 2.32. The van der Waals surface area contributed by atoms with Crippen molar-refractivity contribution in [1.29, 1.82) is 0 Å². The molecule has 0 fully saturated rings. The number of aromatic nitrogens is 1. The second kappa shape index (κ2) is 4.37. The second-order valence-corrected chi connectivity index (χ2v) is 6.02. The van der Waals surface area contributed by atoms with Gasteiger partial charge in [-0.05, 0) is 42.8 Å². The van der Waals surface area contributed by atoms with Crippen LogP contribution in [-0.4, -0.2) is 3.96 Å². The molecule has 0 atom stereocenters. The summed E-state index contributed by atoms with van der Waals surface area (Å²) in [5.41, 5.74) is 2.09. The first-order valence-electron chi connectivity index (χ1n) is 5.54. The Morgan fingerprint density at radius 2 is 1.94 bits per heavy atom. The SMILES string of the molecule is Cc1cc(Br)ccc1-n1sc2ccccc2c1=O. The molecule has 18 heavy (non-hydrogen) atoms. The molecule has 0 aliphatic carbocycles. The Kier molecular flexibility index (Phi) is 2.84. The van der Waals surface area contributed by atoms with Crippen molar-refractivity contribution in [2.45, 2.75) is 6.92 Å². The fraction of sp³-hybridized carbons (Fsp3) is 0.0714. The van der Waals surface area contributed by atoms with Gasteiger partial charge in [0.05, 0.1) is 15.8 Å². The van der Waals surface area contributed by atoms with Crippen molar-refractivity contribution in [1.82, 2.24) is 3.96 Å². The van der Waals surface area contributed by atoms with Crippen LogP contribution in [0.15, 0.2) is 51.7 Å². The van der Waals surface area contributed by atoms with Crippen LogP contribution in [0, 0.1) is 6.92 Å². The Morgan fingerprint density at radius 1 is 1.17 bits per heavy atom. The van der Waals surface area contributed by atoms with Crippen molar-refractivity contribution in [2.75, 3.05) is 0 Å². The summed E-state index contributed by atoms with van der Waals surface area (Å²) < 4.78 is 3.80. The van der Waals surface area contributed by atoms with Crippen molar-refractivity contribution in [3.63, 3.8) is 0 Å². The number of fused-ring (bicyclic) bond motifs is 1. The molecule has 1 heterocycles. The van der Waals surface area contributed by atoms with E-state index in [1.165, 1.54) is 11.5 Å². The fourth-order valence-electron chi connectivity index (χ4n) is 1.98. The molecule has 0 N–H and O–H groups in total. The van der Waals surface area contributed by atoms with Crippen LogP contribution in [0.25, 0.3) is 15.8 Å². The third kappa shape index (κ3) is 1.82. The van der Waals surface area contributed by atoms with Crippen LogP contribution in [0.5, 0.6) is 0 Å². The molecule has 0 radical (unpaired) electrons. The molecule has 0 aliphatic heterocycles. The van der Waals surface area contributed by atoms with Crippen LogP contribution in [0.2, 0.25) is 0 Å². The molecule has 0 bridgehead atoms. The highest BCUT2D eigenvalue weighted by Crippen LogP contribution is 2.23. The van der Waals surface area contributed by atoms with E-state index in [9.17, 15) is 4.79 Å². The molecule has 0 saturated carbocycles. The highest BCUT2D eigenvalue weighted by Gasteiger charge is 2.10. The first kappa shape index (κ1) is 11.7. The van der Waals surface area contributed by atoms with E-state index in [1.807, 2.05) is 49.4 Å². The first-order valence-corrected chi connectivity index (χ1v) is 7.11. The van der Waals surface area contributed by atoms with Gasteiger partial charge in [-0.25, -0.2) is 3.96 Å². The van der Waals surface area contributed by atoms with Crippen LogP contribution in [0.4, 0.5) is 0 Å². The summed E-state index contributed by atoms with van der Waals surface area (Å²) in [6.45, 7) is 2.01. The van der Waals surface area contributed by atoms with Gasteiger partial charge in [-0.1, -0.05) is 39.6 Å². The zero-order valence-electron chi connectivity index (χ0n) is 9.68. The number of halogens is 1. The minimum absolute atomic E-state index is 0.0565. The van der Waals surface area contributed by atoms with E-state index in [2.05, 4.69) is 15.9 Å². The molecular formula is C14H10BrNOS. The predicted octanol–water partition coefficient (Wildman–Crippen LogP) is 4.12. The molecule has 1 aromatic heterocycles. The molecule has 90 valence electrons. The van der Waals surface area contributed by atoms with Crippen molar-refractivity contribution < 1.29 is 0 Å². The zero-order valence-corrected chi connectivity index (χ0v) is 12.1. The lowest BCUT2D eigenvalue weighted by Gasteiger charge is -2.05. The number of aryl methyl sites for hydroxylation is 1. The van der Waals surface area contributed by atoms with Gasteiger partial charge in [-0.3, -0.25) is 4.79 Å². The number of rotatable bonds is 1. The molecule has 4 heteroatoms. The van der Waals surface area contributed by atoms with E-state index in [0.717, 1.165) is 25.8 Å². The number of benzene rings is 2. The van der Waals surface area contributed by atoms with Gasteiger partial charge in [0.25, 0.3) is 5.56 Å². The van der Waals surface area contributed by atoms with Crippen LogP contribution >= 0.6 is 27.5 Å². The van der Waals surface area contributed by atoms with Gasteiger partial charge in [-0.15, -0.1) is 0 Å². The van der Waals surface area contributed by atoms with Crippen LogP contribution in [-0.2, 0) is 0 Å². The third-order valence-corrected chi connectivity index (χ3v) is 4.46. The molecule has 0 unspecified atom stereocenters. The lowest BCUT2D eigenvalue weighted by atomic mass is 10.2. The normalized spacial score (nSPS) is 11.0. The Labute approximate surface area is 117 Å². The standard InChI is InChI=1S/C14H10BrNOS/c1-9-8-10(15)6-7-12(9)16-14(17)11-4-2-3-5-13(11)18-16/h2-8H,1H3. The molecule has 3 aromatic rings. The van der Waals surface area contributed by atoms with E-state index in [-0.39, 0.29) is 5.56 Å². The molecule has 2 aromatic carbocycles. The van der Waals surface area contributed by atoms with Gasteiger partial charge in [0.1, 0.15) is 0 Å². The Hall–Kier alpha value is -1.39. The average molecular weight is 320 g/mol. The summed E-state index contributed by atoms with van der Waals surface area (Å²) >= 11 is 4.92. The molecule has 0 aliphatic rings. The van der Waals surface area contributed by atoms with Crippen molar-refractivity contribution >= 4 is 37.5 Å². The number of hydrogen-bond donors (Lipinski definition) is 0. The van der Waals surface area contributed by atoms with Gasteiger partial charge >= 0.3 is 0 Å². The van der Waals surface area contributed by atoms with Gasteiger partial charge in [0, 0.05) is 4.47 Å². The fourth-order valence-corrected chi connectivity index (χ4v) is 3.53. The summed E-state index contributed by atoms with van der Waals surface area (Å²) in [6, 6.07) is 13.7. The maximum Gasteiger partial charge on any atom is 0.273 e. The van der Waals surface area contributed by atoms with Gasteiger partial charge in [0.15, 0.2) is 0 Å². The monoisotopic (exact) mass is 319 g/mol. The van der Waals surface area contributed by atoms with E-state index < -0.39 is 0 Å². The van der Waals surface area contributed by atoms with E-state index in [0.29, 0.717) is 0 Å². The Bertz CT molecular complexity index is 788. The van der Waals surface area contributed by atoms with Gasteiger partial charge < -0.3 is 0 Å². The quantitative estimate of drug-likeness (QED) is 0.661. The molecule has 2 nitrogen and oxygen atoms in total. The largest absolute Gasteiger partial charge is 0.273 e. The zero-order chi connectivity index (χ0) is 12.7. The summed E-state index contributed by atoms with van der Waals surface area (Å²) in [5.74, 6) is 0. The molecular weight excluding hydrogens is 310 g/mol. The van der Waals surface area contributed by atoms with Crippen molar-refractivity contribution in [2.24, 2.45) is 0 Å². The minimum Gasteiger partial charge on any atom is -0.267 e. The lowest BCUT2D eigenvalue weighted by molar-refractivity contribution is 1.12. The molecule has 3 rings (SSSR count). The molecule has 0 spiro atoms.